The van der Waals surface area contributed by atoms with Crippen molar-refractivity contribution >= 4 is 17.2 Å². The molecule has 0 aromatic heterocycles. The number of anilines is 1. The molecule has 3 unspecified atom stereocenters. The molecule has 0 saturated carbocycles. The van der Waals surface area contributed by atoms with Crippen LogP contribution >= 0.6 is 0 Å². The third-order valence-corrected chi connectivity index (χ3v) is 6.04. The van der Waals surface area contributed by atoms with Gasteiger partial charge in [0.05, 0.1) is 5.69 Å². The van der Waals surface area contributed by atoms with Gasteiger partial charge in [0, 0.05) is 22.3 Å². The van der Waals surface area contributed by atoms with Crippen LogP contribution in [0, 0.1) is 12.7 Å². The number of hydrogen-bond acceptors (Lipinski definition) is 4. The number of amides is 1. The van der Waals surface area contributed by atoms with E-state index in [2.05, 4.69) is 5.32 Å². The summed E-state index contributed by atoms with van der Waals surface area (Å²) in [6.45, 7) is 4.02. The van der Waals surface area contributed by atoms with Crippen LogP contribution in [0.4, 0.5) is 10.1 Å². The molecule has 3 atom stereocenters. The van der Waals surface area contributed by atoms with Crippen LogP contribution in [0.15, 0.2) is 42.6 Å². The summed E-state index contributed by atoms with van der Waals surface area (Å²) in [5.74, 6) is -1.54. The highest BCUT2D eigenvalue weighted by Gasteiger charge is 2.47. The summed E-state index contributed by atoms with van der Waals surface area (Å²) in [4.78, 5) is 12.8. The van der Waals surface area contributed by atoms with E-state index in [-0.39, 0.29) is 17.0 Å². The minimum Gasteiger partial charge on any atom is -0.504 e. The zero-order valence-corrected chi connectivity index (χ0v) is 17.1. The van der Waals surface area contributed by atoms with Gasteiger partial charge in [0.25, 0.3) is 5.91 Å². The smallest absolute Gasteiger partial charge is 0.291 e. The molecule has 2 aromatic rings. The number of carbonyl (C=O) groups is 1. The number of nitrogens with two attached hydrogens (primary N) is 1. The van der Waals surface area contributed by atoms with Crippen molar-refractivity contribution in [3.8, 4) is 16.9 Å². The molecule has 6 nitrogen and oxygen atoms in total. The van der Waals surface area contributed by atoms with E-state index in [1.165, 1.54) is 20.2 Å². The first-order valence-corrected chi connectivity index (χ1v) is 9.82. The summed E-state index contributed by atoms with van der Waals surface area (Å²) in [6, 6.07) is 6.49. The summed E-state index contributed by atoms with van der Waals surface area (Å²) in [5, 5.41) is 24.3. The number of benzene rings is 2. The van der Waals surface area contributed by atoms with Crippen molar-refractivity contribution < 1.29 is 24.1 Å². The average molecular weight is 410 g/mol. The Bertz CT molecular complexity index is 1100. The average Bonchev–Trinajstić information content (AvgIpc) is 2.72. The number of likely N-dealkylation sites (N-methyl/N-ethyl adjacent to an activating group) is 1. The number of carbonyl (C=O) groups excluding carboxylic acids is 1. The van der Waals surface area contributed by atoms with Gasteiger partial charge in [0.2, 0.25) is 6.04 Å². The van der Waals surface area contributed by atoms with Crippen molar-refractivity contribution in [2.75, 3.05) is 18.9 Å². The van der Waals surface area contributed by atoms with Crippen molar-refractivity contribution in [3.05, 3.63) is 65.1 Å². The van der Waals surface area contributed by atoms with Crippen molar-refractivity contribution in [1.82, 2.24) is 0 Å². The standard InChI is InChI=1S/C23H24FN3O3/c1-12(11-25)14-6-8-15(9-7-14)17-18-16-5-4-10-27(3,30)21(16)23(29)26-20(18)13(2)19(24)22(17)28/h4-10,12,21,30H,11,25H2,1-3H3,(H-,26,28,29)/p+1. The van der Waals surface area contributed by atoms with Crippen LogP contribution in [0.2, 0.25) is 0 Å². The molecule has 0 fully saturated rings. The van der Waals surface area contributed by atoms with Gasteiger partial charge < -0.3 is 16.2 Å². The minimum absolute atomic E-state index is 0.147. The lowest BCUT2D eigenvalue weighted by molar-refractivity contribution is -1.05. The molecule has 0 aliphatic carbocycles. The Morgan fingerprint density at radius 2 is 1.93 bits per heavy atom. The maximum absolute atomic E-state index is 14.9. The number of hydrogen-bond donors (Lipinski definition) is 4. The van der Waals surface area contributed by atoms with E-state index in [4.69, 9.17) is 5.73 Å². The highest BCUT2D eigenvalue weighted by Crippen LogP contribution is 2.49. The second kappa shape index (κ2) is 7.05. The normalized spacial score (nSPS) is 23.3. The maximum atomic E-state index is 14.9. The second-order valence-electron chi connectivity index (χ2n) is 8.12. The van der Waals surface area contributed by atoms with E-state index in [9.17, 15) is 19.5 Å². The first kappa shape index (κ1) is 20.3. The molecular formula is C23H25FN3O3+. The largest absolute Gasteiger partial charge is 0.504 e. The van der Waals surface area contributed by atoms with Gasteiger partial charge in [0.15, 0.2) is 11.6 Å². The summed E-state index contributed by atoms with van der Waals surface area (Å²) in [6.07, 6.45) is 4.88. The van der Waals surface area contributed by atoms with Gasteiger partial charge in [-0.3, -0.25) is 4.79 Å². The minimum atomic E-state index is -0.929. The molecular weight excluding hydrogens is 385 g/mol. The van der Waals surface area contributed by atoms with Crippen LogP contribution in [0.25, 0.3) is 16.7 Å². The van der Waals surface area contributed by atoms with Gasteiger partial charge in [-0.15, -0.1) is 4.65 Å². The Morgan fingerprint density at radius 1 is 1.27 bits per heavy atom. The van der Waals surface area contributed by atoms with E-state index in [1.807, 2.05) is 31.2 Å². The van der Waals surface area contributed by atoms with Crippen molar-refractivity contribution in [3.63, 3.8) is 0 Å². The van der Waals surface area contributed by atoms with Gasteiger partial charge >= 0.3 is 0 Å². The number of quaternary nitrogens is 1. The molecule has 2 aliphatic rings. The molecule has 2 aromatic carbocycles. The Hall–Kier alpha value is -3.00. The van der Waals surface area contributed by atoms with E-state index in [1.54, 1.807) is 12.2 Å². The monoisotopic (exact) mass is 410 g/mol. The highest BCUT2D eigenvalue weighted by molar-refractivity contribution is 6.13. The number of nitrogens with one attached hydrogen (secondary N) is 1. The summed E-state index contributed by atoms with van der Waals surface area (Å²) >= 11 is 0. The Balaban J connectivity index is 1.99. The lowest BCUT2D eigenvalue weighted by atomic mass is 9.82. The first-order valence-electron chi connectivity index (χ1n) is 9.82. The van der Waals surface area contributed by atoms with Crippen LogP contribution in [0.5, 0.6) is 5.75 Å². The topological polar surface area (TPSA) is 95.6 Å². The lowest BCUT2D eigenvalue weighted by Crippen LogP contribution is -2.54. The number of phenols is 1. The number of rotatable bonds is 3. The molecule has 0 spiro atoms. The van der Waals surface area contributed by atoms with Crippen LogP contribution in [-0.2, 0) is 4.79 Å². The summed E-state index contributed by atoms with van der Waals surface area (Å²) in [7, 11) is 1.50. The number of fused-ring (bicyclic) bond motifs is 3. The van der Waals surface area contributed by atoms with Gasteiger partial charge in [-0.25, -0.2) is 9.60 Å². The second-order valence-corrected chi connectivity index (χ2v) is 8.12. The van der Waals surface area contributed by atoms with Crippen LogP contribution in [0.3, 0.4) is 0 Å². The highest BCUT2D eigenvalue weighted by atomic mass is 19.1. The number of phenolic OH excluding ortho intramolecular Hbond substituents is 1. The Kier molecular flexibility index (Phi) is 4.77. The SMILES string of the molecule is Cc1c(F)c(O)c(-c2ccc(C(C)CN)cc2)c2c1NC(=O)C1C2=CC=C[N+]1(C)O. The molecule has 0 bridgehead atoms. The molecule has 4 rings (SSSR count). The third kappa shape index (κ3) is 2.94. The Labute approximate surface area is 174 Å². The first-order chi connectivity index (χ1) is 14.2. The molecule has 2 heterocycles. The van der Waals surface area contributed by atoms with Crippen LogP contribution in [-0.4, -0.2) is 40.5 Å². The fourth-order valence-corrected chi connectivity index (χ4v) is 4.24. The number of nitrogens with zero attached hydrogens (tertiary/aromatic N) is 1. The van der Waals surface area contributed by atoms with Crippen molar-refractivity contribution in [2.24, 2.45) is 5.73 Å². The number of allylic oxidation sites excluding steroid dienone is 2. The fourth-order valence-electron chi connectivity index (χ4n) is 4.24. The molecule has 0 radical (unpaired) electrons. The maximum Gasteiger partial charge on any atom is 0.291 e. The van der Waals surface area contributed by atoms with Crippen molar-refractivity contribution in [1.29, 1.82) is 0 Å². The summed E-state index contributed by atoms with van der Waals surface area (Å²) < 4.78 is 14.3. The predicted molar refractivity (Wildman–Crippen MR) is 113 cm³/mol. The zero-order valence-electron chi connectivity index (χ0n) is 17.1. The lowest BCUT2D eigenvalue weighted by Gasteiger charge is -2.38. The fraction of sp³-hybridized carbons (Fsp3) is 0.261. The molecule has 2 aliphatic heterocycles. The molecule has 0 saturated heterocycles. The third-order valence-electron chi connectivity index (χ3n) is 6.04. The van der Waals surface area contributed by atoms with E-state index >= 15 is 0 Å². The van der Waals surface area contributed by atoms with Gasteiger partial charge in [-0.2, -0.15) is 0 Å². The summed E-state index contributed by atoms with van der Waals surface area (Å²) in [5.41, 5.74) is 9.16. The molecule has 5 N–H and O–H groups in total. The number of hydroxylamine groups is 3. The quantitative estimate of drug-likeness (QED) is 0.459. The molecule has 1 amide bonds. The number of halogens is 1. The van der Waals surface area contributed by atoms with E-state index in [0.29, 0.717) is 28.9 Å². The molecule has 156 valence electrons. The zero-order chi connectivity index (χ0) is 21.8. The van der Waals surface area contributed by atoms with Gasteiger partial charge in [0.1, 0.15) is 13.2 Å². The predicted octanol–water partition coefficient (Wildman–Crippen LogP) is 3.64. The molecule has 30 heavy (non-hydrogen) atoms. The van der Waals surface area contributed by atoms with E-state index in [0.717, 1.165) is 5.56 Å². The van der Waals surface area contributed by atoms with Crippen LogP contribution < -0.4 is 11.1 Å². The van der Waals surface area contributed by atoms with Gasteiger partial charge in [-0.1, -0.05) is 31.2 Å². The van der Waals surface area contributed by atoms with E-state index < -0.39 is 28.2 Å². The van der Waals surface area contributed by atoms with Crippen LogP contribution in [0.1, 0.15) is 29.5 Å². The molecule has 7 heteroatoms. The number of aromatic hydroxyl groups is 1. The van der Waals surface area contributed by atoms with Gasteiger partial charge in [-0.05, 0) is 42.7 Å². The Morgan fingerprint density at radius 3 is 2.57 bits per heavy atom. The van der Waals surface area contributed by atoms with Crippen molar-refractivity contribution in [2.45, 2.75) is 25.8 Å².